The number of benzene rings is 1. The van der Waals surface area contributed by atoms with Gasteiger partial charge in [-0.15, -0.1) is 0 Å². The van der Waals surface area contributed by atoms with Crippen LogP contribution in [0.5, 0.6) is 0 Å². The van der Waals surface area contributed by atoms with Crippen molar-refractivity contribution in [3.63, 3.8) is 0 Å². The number of methoxy groups -OCH3 is 1. The Labute approximate surface area is 162 Å². The third-order valence-electron chi connectivity index (χ3n) is 4.19. The largest absolute Gasteiger partial charge is 0.465 e. The van der Waals surface area contributed by atoms with Crippen LogP contribution in [-0.2, 0) is 9.47 Å². The van der Waals surface area contributed by atoms with E-state index in [0.717, 1.165) is 25.1 Å². The summed E-state index contributed by atoms with van der Waals surface area (Å²) >= 11 is 6.10. The van der Waals surface area contributed by atoms with E-state index in [1.807, 2.05) is 0 Å². The van der Waals surface area contributed by atoms with E-state index in [9.17, 15) is 9.59 Å². The van der Waals surface area contributed by atoms with Crippen LogP contribution in [0.4, 0.5) is 11.4 Å². The topological polar surface area (TPSA) is 89.5 Å². The number of esters is 1. The van der Waals surface area contributed by atoms with E-state index in [4.69, 9.17) is 16.3 Å². The zero-order chi connectivity index (χ0) is 19.2. The van der Waals surface area contributed by atoms with Crippen molar-refractivity contribution in [1.82, 2.24) is 4.98 Å². The SMILES string of the molecule is COC(=O)c1ccc(Cl)c(NC(=O)c2ccc(NCC3CCCO3)cn2)c1. The quantitative estimate of drug-likeness (QED) is 0.736. The van der Waals surface area contributed by atoms with Crippen LogP contribution in [0.15, 0.2) is 36.5 Å². The molecule has 0 saturated carbocycles. The molecule has 27 heavy (non-hydrogen) atoms. The molecule has 1 fully saturated rings. The van der Waals surface area contributed by atoms with E-state index in [-0.39, 0.29) is 11.8 Å². The second-order valence-electron chi connectivity index (χ2n) is 6.09. The minimum atomic E-state index is -0.512. The van der Waals surface area contributed by atoms with Crippen molar-refractivity contribution in [2.45, 2.75) is 18.9 Å². The molecular formula is C19H20ClN3O4. The Morgan fingerprint density at radius 2 is 2.19 bits per heavy atom. The maximum Gasteiger partial charge on any atom is 0.337 e. The fourth-order valence-corrected chi connectivity index (χ4v) is 2.89. The molecule has 3 rings (SSSR count). The molecule has 142 valence electrons. The summed E-state index contributed by atoms with van der Waals surface area (Å²) in [6, 6.07) is 7.91. The number of carbonyl (C=O) groups excluding carboxylic acids is 2. The summed E-state index contributed by atoms with van der Waals surface area (Å²) in [7, 11) is 1.29. The van der Waals surface area contributed by atoms with Gasteiger partial charge < -0.3 is 20.1 Å². The van der Waals surface area contributed by atoms with E-state index < -0.39 is 11.9 Å². The molecule has 0 spiro atoms. The van der Waals surface area contributed by atoms with Crippen LogP contribution >= 0.6 is 11.6 Å². The van der Waals surface area contributed by atoms with Crippen molar-refractivity contribution in [3.8, 4) is 0 Å². The molecule has 2 heterocycles. The molecule has 0 aliphatic carbocycles. The summed E-state index contributed by atoms with van der Waals surface area (Å²) < 4.78 is 10.2. The van der Waals surface area contributed by atoms with Gasteiger partial charge in [0.15, 0.2) is 0 Å². The minimum Gasteiger partial charge on any atom is -0.465 e. The number of ether oxygens (including phenoxy) is 2. The summed E-state index contributed by atoms with van der Waals surface area (Å²) in [5.41, 5.74) is 1.65. The number of aromatic nitrogens is 1. The number of rotatable bonds is 6. The Balaban J connectivity index is 1.63. The number of amides is 1. The lowest BCUT2D eigenvalue weighted by molar-refractivity contribution is 0.0600. The van der Waals surface area contributed by atoms with E-state index in [0.29, 0.717) is 22.8 Å². The van der Waals surface area contributed by atoms with Crippen molar-refractivity contribution >= 4 is 34.9 Å². The summed E-state index contributed by atoms with van der Waals surface area (Å²) in [5.74, 6) is -0.938. The lowest BCUT2D eigenvalue weighted by Crippen LogP contribution is -2.19. The van der Waals surface area contributed by atoms with Crippen LogP contribution in [0, 0.1) is 0 Å². The molecule has 7 nitrogen and oxygen atoms in total. The average Bonchev–Trinajstić information content (AvgIpc) is 3.21. The van der Waals surface area contributed by atoms with Crippen LogP contribution in [0.3, 0.4) is 0 Å². The van der Waals surface area contributed by atoms with Gasteiger partial charge in [-0.3, -0.25) is 4.79 Å². The van der Waals surface area contributed by atoms with Crippen molar-refractivity contribution in [3.05, 3.63) is 52.8 Å². The predicted octanol–water partition coefficient (Wildman–Crippen LogP) is 3.36. The van der Waals surface area contributed by atoms with Crippen molar-refractivity contribution in [2.75, 3.05) is 30.9 Å². The molecule has 1 atom stereocenters. The first-order chi connectivity index (χ1) is 13.1. The van der Waals surface area contributed by atoms with Gasteiger partial charge in [0.05, 0.1) is 41.4 Å². The number of halogens is 1. The first-order valence-electron chi connectivity index (χ1n) is 8.57. The highest BCUT2D eigenvalue weighted by Crippen LogP contribution is 2.24. The molecule has 2 aromatic rings. The number of carbonyl (C=O) groups is 2. The van der Waals surface area contributed by atoms with E-state index in [1.54, 1.807) is 18.3 Å². The summed E-state index contributed by atoms with van der Waals surface area (Å²) in [6.45, 7) is 1.52. The molecule has 1 aromatic heterocycles. The van der Waals surface area contributed by atoms with Gasteiger partial charge in [0, 0.05) is 13.2 Å². The van der Waals surface area contributed by atoms with Gasteiger partial charge in [-0.1, -0.05) is 11.6 Å². The van der Waals surface area contributed by atoms with Gasteiger partial charge in [0.1, 0.15) is 5.69 Å². The Bertz CT molecular complexity index is 820. The molecule has 1 unspecified atom stereocenters. The maximum atomic E-state index is 12.4. The monoisotopic (exact) mass is 389 g/mol. The number of pyridine rings is 1. The van der Waals surface area contributed by atoms with E-state index in [2.05, 4.69) is 20.4 Å². The number of nitrogens with one attached hydrogen (secondary N) is 2. The first kappa shape index (κ1) is 19.1. The number of hydrogen-bond acceptors (Lipinski definition) is 6. The highest BCUT2D eigenvalue weighted by Gasteiger charge is 2.16. The molecule has 1 aliphatic heterocycles. The standard InChI is InChI=1S/C19H20ClN3O4/c1-26-19(25)12-4-6-15(20)17(9-12)23-18(24)16-7-5-13(10-22-16)21-11-14-3-2-8-27-14/h4-7,9-10,14,21H,2-3,8,11H2,1H3,(H,23,24). The molecule has 1 aliphatic rings. The third-order valence-corrected chi connectivity index (χ3v) is 4.52. The first-order valence-corrected chi connectivity index (χ1v) is 8.95. The van der Waals surface area contributed by atoms with E-state index >= 15 is 0 Å². The van der Waals surface area contributed by atoms with Gasteiger partial charge in [-0.2, -0.15) is 0 Å². The molecule has 0 bridgehead atoms. The molecule has 0 radical (unpaired) electrons. The van der Waals surface area contributed by atoms with Crippen LogP contribution in [0.2, 0.25) is 5.02 Å². The fraction of sp³-hybridized carbons (Fsp3) is 0.316. The molecule has 8 heteroatoms. The molecule has 1 saturated heterocycles. The lowest BCUT2D eigenvalue weighted by atomic mass is 10.2. The van der Waals surface area contributed by atoms with Crippen molar-refractivity contribution in [2.24, 2.45) is 0 Å². The minimum absolute atomic E-state index is 0.220. The second-order valence-corrected chi connectivity index (χ2v) is 6.50. The van der Waals surface area contributed by atoms with E-state index in [1.165, 1.54) is 25.3 Å². The summed E-state index contributed by atoms with van der Waals surface area (Å²) in [4.78, 5) is 28.2. The molecule has 1 aromatic carbocycles. The Hall–Kier alpha value is -2.64. The predicted molar refractivity (Wildman–Crippen MR) is 102 cm³/mol. The zero-order valence-corrected chi connectivity index (χ0v) is 15.6. The fourth-order valence-electron chi connectivity index (χ4n) is 2.72. The van der Waals surface area contributed by atoms with Gasteiger partial charge in [0.2, 0.25) is 0 Å². The Kier molecular flexibility index (Phi) is 6.26. The maximum absolute atomic E-state index is 12.4. The normalized spacial score (nSPS) is 16.0. The Morgan fingerprint density at radius 3 is 2.85 bits per heavy atom. The van der Waals surface area contributed by atoms with Gasteiger partial charge in [0.25, 0.3) is 5.91 Å². The van der Waals surface area contributed by atoms with Crippen LogP contribution < -0.4 is 10.6 Å². The van der Waals surface area contributed by atoms with Crippen molar-refractivity contribution < 1.29 is 19.1 Å². The smallest absolute Gasteiger partial charge is 0.337 e. The summed E-state index contributed by atoms with van der Waals surface area (Å²) in [5, 5.41) is 6.22. The van der Waals surface area contributed by atoms with Crippen LogP contribution in [0.1, 0.15) is 33.7 Å². The van der Waals surface area contributed by atoms with Crippen LogP contribution in [-0.4, -0.2) is 43.2 Å². The number of hydrogen-bond donors (Lipinski definition) is 2. The number of nitrogens with zero attached hydrogens (tertiary/aromatic N) is 1. The molecule has 1 amide bonds. The highest BCUT2D eigenvalue weighted by molar-refractivity contribution is 6.34. The molecular weight excluding hydrogens is 370 g/mol. The Morgan fingerprint density at radius 1 is 1.33 bits per heavy atom. The van der Waals surface area contributed by atoms with Gasteiger partial charge in [-0.05, 0) is 43.2 Å². The average molecular weight is 390 g/mol. The third kappa shape index (κ3) is 4.96. The zero-order valence-electron chi connectivity index (χ0n) is 14.8. The van der Waals surface area contributed by atoms with Crippen LogP contribution in [0.25, 0.3) is 0 Å². The lowest BCUT2D eigenvalue weighted by Gasteiger charge is -2.12. The second kappa shape index (κ2) is 8.83. The van der Waals surface area contributed by atoms with Gasteiger partial charge >= 0.3 is 5.97 Å². The summed E-state index contributed by atoms with van der Waals surface area (Å²) in [6.07, 6.45) is 3.95. The van der Waals surface area contributed by atoms with Gasteiger partial charge in [-0.25, -0.2) is 9.78 Å². The highest BCUT2D eigenvalue weighted by atomic mass is 35.5. The number of anilines is 2. The van der Waals surface area contributed by atoms with Crippen molar-refractivity contribution in [1.29, 1.82) is 0 Å². The molecule has 2 N–H and O–H groups in total.